The Labute approximate surface area is 144 Å². The number of ether oxygens (including phenoxy) is 1. The number of aromatic nitrogens is 1. The number of aliphatic carboxylic acids is 1. The molecule has 2 aromatic carbocycles. The number of carbonyl (C=O) groups is 2. The lowest BCUT2D eigenvalue weighted by Gasteiger charge is -2.16. The van der Waals surface area contributed by atoms with Crippen molar-refractivity contribution in [3.05, 3.63) is 65.9 Å². The molecule has 0 saturated heterocycles. The summed E-state index contributed by atoms with van der Waals surface area (Å²) < 4.78 is 5.09. The number of carboxylic acid groups (broad SMARTS) is 1. The third-order valence-corrected chi connectivity index (χ3v) is 3.81. The number of aromatic amines is 1. The number of hydrogen-bond acceptors (Lipinski definition) is 3. The Morgan fingerprint density at radius 1 is 1.12 bits per heavy atom. The fourth-order valence-corrected chi connectivity index (χ4v) is 2.58. The third-order valence-electron chi connectivity index (χ3n) is 3.81. The summed E-state index contributed by atoms with van der Waals surface area (Å²) in [5.74, 6) is -0.633. The van der Waals surface area contributed by atoms with Gasteiger partial charge in [0.25, 0.3) is 5.91 Å². The summed E-state index contributed by atoms with van der Waals surface area (Å²) in [5, 5.41) is 9.60. The molecule has 25 heavy (non-hydrogen) atoms. The van der Waals surface area contributed by atoms with E-state index < -0.39 is 5.97 Å². The zero-order valence-corrected chi connectivity index (χ0v) is 13.7. The molecule has 3 rings (SSSR count). The Bertz CT molecular complexity index is 866. The number of hydrogen-bond donors (Lipinski definition) is 2. The Balaban J connectivity index is 1.65. The molecule has 0 fully saturated rings. The van der Waals surface area contributed by atoms with Crippen molar-refractivity contribution in [2.75, 3.05) is 13.7 Å². The van der Waals surface area contributed by atoms with E-state index in [1.165, 1.54) is 0 Å². The van der Waals surface area contributed by atoms with E-state index in [0.29, 0.717) is 18.0 Å². The molecular weight excluding hydrogens is 320 g/mol. The highest BCUT2D eigenvalue weighted by Gasteiger charge is 2.14. The molecule has 3 aromatic rings. The van der Waals surface area contributed by atoms with Crippen molar-refractivity contribution in [1.29, 1.82) is 0 Å². The van der Waals surface area contributed by atoms with Crippen LogP contribution in [0.15, 0.2) is 54.6 Å². The number of fused-ring (bicyclic) bond motifs is 1. The number of nitrogens with one attached hydrogen (secondary N) is 1. The van der Waals surface area contributed by atoms with Crippen LogP contribution in [0.25, 0.3) is 10.9 Å². The monoisotopic (exact) mass is 338 g/mol. The van der Waals surface area contributed by atoms with E-state index in [2.05, 4.69) is 4.98 Å². The van der Waals surface area contributed by atoms with Gasteiger partial charge in [0, 0.05) is 24.5 Å². The molecule has 6 heteroatoms. The average Bonchev–Trinajstić information content (AvgIpc) is 3.04. The number of carbonyl (C=O) groups excluding carboxylic acids is 1. The van der Waals surface area contributed by atoms with Crippen molar-refractivity contribution >= 4 is 22.8 Å². The Morgan fingerprint density at radius 3 is 2.52 bits per heavy atom. The van der Waals surface area contributed by atoms with Crippen LogP contribution in [0.1, 0.15) is 16.1 Å². The number of carboxylic acids is 1. The second-order valence-corrected chi connectivity index (χ2v) is 5.76. The first kappa shape index (κ1) is 16.6. The van der Waals surface area contributed by atoms with E-state index in [1.807, 2.05) is 42.5 Å². The van der Waals surface area contributed by atoms with Crippen LogP contribution in [0.2, 0.25) is 0 Å². The lowest BCUT2D eigenvalue weighted by molar-refractivity contribution is -0.139. The summed E-state index contributed by atoms with van der Waals surface area (Å²) in [6.07, 6.45) is 0. The van der Waals surface area contributed by atoms with Crippen LogP contribution in [-0.4, -0.2) is 40.5 Å². The maximum Gasteiger partial charge on any atom is 0.341 e. The van der Waals surface area contributed by atoms with E-state index in [-0.39, 0.29) is 12.5 Å². The lowest BCUT2D eigenvalue weighted by Crippen LogP contribution is -2.26. The first-order chi connectivity index (χ1) is 12.0. The van der Waals surface area contributed by atoms with Crippen molar-refractivity contribution in [3.8, 4) is 5.75 Å². The normalized spacial score (nSPS) is 10.6. The summed E-state index contributed by atoms with van der Waals surface area (Å²) in [5.41, 5.74) is 2.40. The standard InChI is InChI=1S/C19H18N2O4/c1-21(11-13-6-8-15(9-7-13)25-12-18(22)23)19(24)17-10-14-4-2-3-5-16(14)20-17/h2-10,20H,11-12H2,1H3,(H,22,23). The summed E-state index contributed by atoms with van der Waals surface area (Å²) in [4.78, 5) is 27.8. The van der Waals surface area contributed by atoms with Crippen LogP contribution < -0.4 is 4.74 Å². The van der Waals surface area contributed by atoms with Gasteiger partial charge in [-0.05, 0) is 29.8 Å². The molecule has 0 unspecified atom stereocenters. The van der Waals surface area contributed by atoms with Crippen LogP contribution in [0, 0.1) is 0 Å². The quantitative estimate of drug-likeness (QED) is 0.724. The highest BCUT2D eigenvalue weighted by molar-refractivity contribution is 5.97. The molecule has 128 valence electrons. The minimum atomic E-state index is -1.02. The topological polar surface area (TPSA) is 82.6 Å². The molecule has 6 nitrogen and oxygen atoms in total. The molecule has 0 atom stereocenters. The van der Waals surface area contributed by atoms with E-state index in [4.69, 9.17) is 9.84 Å². The molecule has 1 amide bonds. The molecule has 0 radical (unpaired) electrons. The van der Waals surface area contributed by atoms with Crippen molar-refractivity contribution < 1.29 is 19.4 Å². The minimum Gasteiger partial charge on any atom is -0.482 e. The van der Waals surface area contributed by atoms with Gasteiger partial charge in [0.15, 0.2) is 6.61 Å². The smallest absolute Gasteiger partial charge is 0.341 e. The summed E-state index contributed by atoms with van der Waals surface area (Å²) in [6, 6.07) is 16.6. The van der Waals surface area contributed by atoms with E-state index in [0.717, 1.165) is 16.5 Å². The van der Waals surface area contributed by atoms with Gasteiger partial charge < -0.3 is 19.7 Å². The molecule has 0 aliphatic heterocycles. The fourth-order valence-electron chi connectivity index (χ4n) is 2.58. The van der Waals surface area contributed by atoms with Gasteiger partial charge in [-0.3, -0.25) is 4.79 Å². The number of amides is 1. The van der Waals surface area contributed by atoms with E-state index in [1.54, 1.807) is 24.1 Å². The predicted octanol–water partition coefficient (Wildman–Crippen LogP) is 2.90. The molecule has 1 aromatic heterocycles. The van der Waals surface area contributed by atoms with Gasteiger partial charge >= 0.3 is 5.97 Å². The summed E-state index contributed by atoms with van der Waals surface area (Å²) in [6.45, 7) is 0.0610. The third kappa shape index (κ3) is 3.98. The van der Waals surface area contributed by atoms with Crippen molar-refractivity contribution in [2.45, 2.75) is 6.54 Å². The molecule has 0 aliphatic carbocycles. The predicted molar refractivity (Wildman–Crippen MR) is 93.7 cm³/mol. The second kappa shape index (κ2) is 7.09. The number of nitrogens with zero attached hydrogens (tertiary/aromatic N) is 1. The van der Waals surface area contributed by atoms with Gasteiger partial charge in [0.05, 0.1) is 0 Å². The van der Waals surface area contributed by atoms with E-state index >= 15 is 0 Å². The summed E-state index contributed by atoms with van der Waals surface area (Å²) in [7, 11) is 1.74. The fraction of sp³-hybridized carbons (Fsp3) is 0.158. The minimum absolute atomic E-state index is 0.0950. The molecule has 2 N–H and O–H groups in total. The van der Waals surface area contributed by atoms with Gasteiger partial charge in [-0.25, -0.2) is 4.79 Å². The number of H-pyrrole nitrogens is 1. The van der Waals surface area contributed by atoms with Crippen molar-refractivity contribution in [2.24, 2.45) is 0 Å². The van der Waals surface area contributed by atoms with Crippen molar-refractivity contribution in [1.82, 2.24) is 9.88 Å². The second-order valence-electron chi connectivity index (χ2n) is 5.76. The largest absolute Gasteiger partial charge is 0.482 e. The van der Waals surface area contributed by atoms with Gasteiger partial charge in [0.2, 0.25) is 0 Å². The molecular formula is C19H18N2O4. The average molecular weight is 338 g/mol. The van der Waals surface area contributed by atoms with Crippen molar-refractivity contribution in [3.63, 3.8) is 0 Å². The zero-order chi connectivity index (χ0) is 17.8. The van der Waals surface area contributed by atoms with Crippen LogP contribution in [0.3, 0.4) is 0 Å². The molecule has 0 bridgehead atoms. The molecule has 0 spiro atoms. The maximum atomic E-state index is 12.6. The first-order valence-corrected chi connectivity index (χ1v) is 7.79. The Kier molecular flexibility index (Phi) is 4.70. The van der Waals surface area contributed by atoms with Gasteiger partial charge in [-0.1, -0.05) is 30.3 Å². The molecule has 0 saturated carbocycles. The highest BCUT2D eigenvalue weighted by atomic mass is 16.5. The van der Waals surface area contributed by atoms with Gasteiger partial charge in [-0.15, -0.1) is 0 Å². The van der Waals surface area contributed by atoms with Crippen LogP contribution in [0.5, 0.6) is 5.75 Å². The van der Waals surface area contributed by atoms with Crippen LogP contribution in [-0.2, 0) is 11.3 Å². The van der Waals surface area contributed by atoms with Crippen LogP contribution >= 0.6 is 0 Å². The Morgan fingerprint density at radius 2 is 1.84 bits per heavy atom. The number of rotatable bonds is 6. The Hall–Kier alpha value is -3.28. The zero-order valence-electron chi connectivity index (χ0n) is 13.7. The first-order valence-electron chi connectivity index (χ1n) is 7.79. The number of para-hydroxylation sites is 1. The summed E-state index contributed by atoms with van der Waals surface area (Å²) >= 11 is 0. The number of benzene rings is 2. The maximum absolute atomic E-state index is 12.6. The van der Waals surface area contributed by atoms with Gasteiger partial charge in [0.1, 0.15) is 11.4 Å². The SMILES string of the molecule is CN(Cc1ccc(OCC(=O)O)cc1)C(=O)c1cc2ccccc2[nH]1. The van der Waals surface area contributed by atoms with E-state index in [9.17, 15) is 9.59 Å². The molecule has 1 heterocycles. The van der Waals surface area contributed by atoms with Gasteiger partial charge in [-0.2, -0.15) is 0 Å². The lowest BCUT2D eigenvalue weighted by atomic mass is 10.2. The van der Waals surface area contributed by atoms with Crippen LogP contribution in [0.4, 0.5) is 0 Å². The highest BCUT2D eigenvalue weighted by Crippen LogP contribution is 2.17. The molecule has 0 aliphatic rings.